The van der Waals surface area contributed by atoms with Crippen molar-refractivity contribution in [3.63, 3.8) is 0 Å². The van der Waals surface area contributed by atoms with Gasteiger partial charge in [0.1, 0.15) is 0 Å². The molecule has 4 aliphatic rings. The Bertz CT molecular complexity index is 879. The molecular weight excluding hydrogens is 466 g/mol. The first-order valence-electron chi connectivity index (χ1n) is 13.9. The first-order valence-corrected chi connectivity index (χ1v) is 15.5. The van der Waals surface area contributed by atoms with Crippen LogP contribution in [0.1, 0.15) is 91.4 Å². The number of carbonyl (C=O) groups is 1. The third kappa shape index (κ3) is 5.32. The van der Waals surface area contributed by atoms with E-state index in [-0.39, 0.29) is 47.7 Å². The highest BCUT2D eigenvalue weighted by Gasteiger charge is 2.63. The van der Waals surface area contributed by atoms with E-state index in [1.165, 1.54) is 12.8 Å². The van der Waals surface area contributed by atoms with Crippen LogP contribution in [0.4, 0.5) is 0 Å². The molecule has 0 heterocycles. The Morgan fingerprint density at radius 2 is 1.80 bits per heavy atom. The van der Waals surface area contributed by atoms with Crippen LogP contribution in [0.2, 0.25) is 0 Å². The summed E-state index contributed by atoms with van der Waals surface area (Å²) in [7, 11) is -3.99. The van der Waals surface area contributed by atoms with E-state index in [0.717, 1.165) is 44.9 Å². The maximum absolute atomic E-state index is 12.3. The van der Waals surface area contributed by atoms with E-state index < -0.39 is 10.1 Å². The third-order valence-electron chi connectivity index (χ3n) is 11.2. The molecule has 0 aromatic carbocycles. The van der Waals surface area contributed by atoms with Crippen molar-refractivity contribution in [2.24, 2.45) is 46.3 Å². The van der Waals surface area contributed by atoms with Crippen LogP contribution in [0.3, 0.4) is 0 Å². The van der Waals surface area contributed by atoms with E-state index in [1.807, 2.05) is 0 Å². The van der Waals surface area contributed by atoms with Gasteiger partial charge >= 0.3 is 0 Å². The summed E-state index contributed by atoms with van der Waals surface area (Å²) < 4.78 is 30.4. The highest BCUT2D eigenvalue weighted by Crippen LogP contribution is 2.68. The van der Waals surface area contributed by atoms with Crippen LogP contribution in [0.15, 0.2) is 0 Å². The number of aliphatic hydroxyl groups is 2. The smallest absolute Gasteiger partial charge is 0.264 e. The molecule has 35 heavy (non-hydrogen) atoms. The van der Waals surface area contributed by atoms with Crippen LogP contribution < -0.4 is 5.32 Å². The molecule has 0 spiro atoms. The summed E-state index contributed by atoms with van der Waals surface area (Å²) in [6.45, 7) is 7.23. The topological polar surface area (TPSA) is 124 Å². The van der Waals surface area contributed by atoms with E-state index >= 15 is 0 Å². The summed E-state index contributed by atoms with van der Waals surface area (Å²) in [5.41, 5.74) is 0.130. The fourth-order valence-corrected chi connectivity index (χ4v) is 9.80. The number of carbonyl (C=O) groups excluding carboxylic acids is 1. The van der Waals surface area contributed by atoms with Crippen molar-refractivity contribution in [3.8, 4) is 0 Å². The fraction of sp³-hybridized carbons (Fsp3) is 0.963. The average Bonchev–Trinajstić information content (AvgIpc) is 3.14. The molecule has 4 saturated carbocycles. The fourth-order valence-electron chi connectivity index (χ4n) is 9.29. The van der Waals surface area contributed by atoms with Crippen LogP contribution >= 0.6 is 0 Å². The predicted octanol–water partition coefficient (Wildman–Crippen LogP) is 3.79. The highest BCUT2D eigenvalue weighted by molar-refractivity contribution is 7.85. The van der Waals surface area contributed by atoms with Gasteiger partial charge in [-0.25, -0.2) is 0 Å². The molecule has 10 atom stereocenters. The minimum Gasteiger partial charge on any atom is -0.393 e. The van der Waals surface area contributed by atoms with E-state index in [1.54, 1.807) is 0 Å². The Morgan fingerprint density at radius 3 is 2.51 bits per heavy atom. The maximum Gasteiger partial charge on any atom is 0.264 e. The van der Waals surface area contributed by atoms with Crippen molar-refractivity contribution in [2.75, 3.05) is 12.3 Å². The number of nitrogens with one attached hydrogen (secondary N) is 1. The van der Waals surface area contributed by atoms with Crippen molar-refractivity contribution in [1.82, 2.24) is 5.32 Å². The minimum atomic E-state index is -3.99. The van der Waals surface area contributed by atoms with Gasteiger partial charge in [-0.15, -0.1) is 0 Å². The van der Waals surface area contributed by atoms with E-state index in [4.69, 9.17) is 4.55 Å². The molecule has 0 saturated heterocycles. The normalized spacial score (nSPS) is 44.1. The second-order valence-corrected chi connectivity index (χ2v) is 14.5. The van der Waals surface area contributed by atoms with Crippen LogP contribution in [-0.2, 0) is 14.9 Å². The summed E-state index contributed by atoms with van der Waals surface area (Å²) in [4.78, 5) is 12.3. The first-order chi connectivity index (χ1) is 16.4. The lowest BCUT2D eigenvalue weighted by Crippen LogP contribution is -2.58. The SMILES string of the molecule is CC(CCC(=O)NCCCS(=O)(=O)O)C1CCC2C3CCC4CC(O)CCC4(C)C3CC(O)C12C. The maximum atomic E-state index is 12.3. The van der Waals surface area contributed by atoms with Crippen LogP contribution in [0, 0.1) is 46.3 Å². The zero-order chi connectivity index (χ0) is 25.6. The van der Waals surface area contributed by atoms with Crippen LogP contribution in [0.5, 0.6) is 0 Å². The number of amides is 1. The molecule has 4 N–H and O–H groups in total. The molecule has 0 aromatic rings. The Labute approximate surface area is 211 Å². The minimum absolute atomic E-state index is 0.0816. The molecule has 4 rings (SSSR count). The number of hydrogen-bond acceptors (Lipinski definition) is 5. The summed E-state index contributed by atoms with van der Waals surface area (Å²) in [6.07, 6.45) is 9.36. The van der Waals surface area contributed by atoms with Gasteiger partial charge in [0.25, 0.3) is 10.1 Å². The van der Waals surface area contributed by atoms with Gasteiger partial charge in [0, 0.05) is 13.0 Å². The Morgan fingerprint density at radius 1 is 1.06 bits per heavy atom. The molecule has 0 aromatic heterocycles. The Hall–Kier alpha value is -0.700. The molecule has 8 heteroatoms. The first kappa shape index (κ1) is 27.3. The highest BCUT2D eigenvalue weighted by atomic mass is 32.2. The molecule has 0 bridgehead atoms. The molecule has 0 aliphatic heterocycles. The summed E-state index contributed by atoms with van der Waals surface area (Å²) in [5, 5.41) is 24.7. The third-order valence-corrected chi connectivity index (χ3v) is 12.0. The lowest BCUT2D eigenvalue weighted by Gasteiger charge is -2.62. The summed E-state index contributed by atoms with van der Waals surface area (Å²) >= 11 is 0. The molecule has 1 amide bonds. The van der Waals surface area contributed by atoms with Gasteiger partial charge in [-0.05, 0) is 111 Å². The van der Waals surface area contributed by atoms with Gasteiger partial charge in [0.2, 0.25) is 5.91 Å². The monoisotopic (exact) mass is 513 g/mol. The zero-order valence-corrected chi connectivity index (χ0v) is 22.6. The van der Waals surface area contributed by atoms with E-state index in [0.29, 0.717) is 41.9 Å². The van der Waals surface area contributed by atoms with E-state index in [2.05, 4.69) is 26.1 Å². The van der Waals surface area contributed by atoms with Crippen molar-refractivity contribution >= 4 is 16.0 Å². The average molecular weight is 514 g/mol. The predicted molar refractivity (Wildman–Crippen MR) is 135 cm³/mol. The Balaban J connectivity index is 1.36. The second kappa shape index (κ2) is 10.2. The van der Waals surface area contributed by atoms with Gasteiger partial charge in [-0.1, -0.05) is 20.8 Å². The summed E-state index contributed by atoms with van der Waals surface area (Å²) in [6, 6.07) is 0. The number of fused-ring (bicyclic) bond motifs is 5. The number of aliphatic hydroxyl groups excluding tert-OH is 2. The van der Waals surface area contributed by atoms with Crippen molar-refractivity contribution in [3.05, 3.63) is 0 Å². The van der Waals surface area contributed by atoms with Crippen molar-refractivity contribution < 1.29 is 28.0 Å². The van der Waals surface area contributed by atoms with Gasteiger partial charge in [0.15, 0.2) is 0 Å². The van der Waals surface area contributed by atoms with Gasteiger partial charge in [-0.2, -0.15) is 8.42 Å². The lowest BCUT2D eigenvalue weighted by atomic mass is 9.43. The summed E-state index contributed by atoms with van der Waals surface area (Å²) in [5.74, 6) is 2.62. The molecule has 4 fully saturated rings. The van der Waals surface area contributed by atoms with Crippen LogP contribution in [0.25, 0.3) is 0 Å². The van der Waals surface area contributed by atoms with Gasteiger partial charge in [-0.3, -0.25) is 9.35 Å². The van der Waals surface area contributed by atoms with E-state index in [9.17, 15) is 23.4 Å². The van der Waals surface area contributed by atoms with Crippen LogP contribution in [-0.4, -0.2) is 53.6 Å². The standard InChI is InChI=1S/C27H47NO6S/c1-17(5-10-25(31)28-13-4-14-35(32,33)34)21-8-9-22-20-7-6-18-15-19(29)11-12-26(18,2)23(20)16-24(30)27(21,22)3/h17-24,29-30H,4-16H2,1-3H3,(H,28,31)(H,32,33,34). The molecule has 10 unspecified atom stereocenters. The molecule has 202 valence electrons. The molecule has 4 aliphatic carbocycles. The quantitative estimate of drug-likeness (QED) is 0.289. The second-order valence-electron chi connectivity index (χ2n) is 12.9. The van der Waals surface area contributed by atoms with Gasteiger partial charge in [0.05, 0.1) is 18.0 Å². The molecule has 0 radical (unpaired) electrons. The Kier molecular flexibility index (Phi) is 7.98. The van der Waals surface area contributed by atoms with Gasteiger partial charge < -0.3 is 15.5 Å². The molecule has 7 nitrogen and oxygen atoms in total. The van der Waals surface area contributed by atoms with Crippen molar-refractivity contribution in [1.29, 1.82) is 0 Å². The van der Waals surface area contributed by atoms with Crippen molar-refractivity contribution in [2.45, 2.75) is 104 Å². The zero-order valence-electron chi connectivity index (χ0n) is 21.8. The largest absolute Gasteiger partial charge is 0.393 e. The number of hydrogen-bond donors (Lipinski definition) is 4. The molecular formula is C27H47NO6S. The number of rotatable bonds is 8. The lowest BCUT2D eigenvalue weighted by molar-refractivity contribution is -0.174.